The van der Waals surface area contributed by atoms with Crippen molar-refractivity contribution in [3.63, 3.8) is 0 Å². The Hall–Kier alpha value is -1.91. The number of aryl methyl sites for hydroxylation is 1. The molecular weight excluding hydrogens is 231 g/mol. The molecule has 0 unspecified atom stereocenters. The fraction of sp³-hybridized carbons (Fsp3) is 0.167. The molecule has 90 valence electrons. The second kappa shape index (κ2) is 4.53. The van der Waals surface area contributed by atoms with Gasteiger partial charge in [-0.25, -0.2) is 13.2 Å². The summed E-state index contributed by atoms with van der Waals surface area (Å²) in [5, 5.41) is 2.64. The minimum atomic E-state index is -1.21. The molecule has 0 spiro atoms. The number of hydrogen-bond donors (Lipinski definition) is 1. The van der Waals surface area contributed by atoms with Crippen LogP contribution >= 0.6 is 0 Å². The van der Waals surface area contributed by atoms with Gasteiger partial charge in [0.2, 0.25) is 0 Å². The SMILES string of the molecule is Cc1ccc(CNc2cc(F)c(F)cc2F)o1. The lowest BCUT2D eigenvalue weighted by atomic mass is 10.2. The summed E-state index contributed by atoms with van der Waals surface area (Å²) < 4.78 is 44.0. The van der Waals surface area contributed by atoms with Crippen LogP contribution < -0.4 is 5.32 Å². The van der Waals surface area contributed by atoms with Crippen molar-refractivity contribution in [3.05, 3.63) is 53.2 Å². The Morgan fingerprint density at radius 1 is 1.06 bits per heavy atom. The number of rotatable bonds is 3. The minimum absolute atomic E-state index is 0.0991. The van der Waals surface area contributed by atoms with E-state index in [1.165, 1.54) is 0 Å². The first-order valence-electron chi connectivity index (χ1n) is 5.00. The lowest BCUT2D eigenvalue weighted by molar-refractivity contribution is 0.487. The zero-order chi connectivity index (χ0) is 12.4. The Bertz CT molecular complexity index is 537. The Morgan fingerprint density at radius 2 is 1.76 bits per heavy atom. The number of halogens is 3. The van der Waals surface area contributed by atoms with Crippen LogP contribution in [0.25, 0.3) is 0 Å². The summed E-state index contributed by atoms with van der Waals surface area (Å²) in [7, 11) is 0. The average Bonchev–Trinajstić information content (AvgIpc) is 2.68. The third-order valence-corrected chi connectivity index (χ3v) is 2.26. The predicted molar refractivity (Wildman–Crippen MR) is 57.1 cm³/mol. The second-order valence-electron chi connectivity index (χ2n) is 3.61. The Labute approximate surface area is 96.1 Å². The van der Waals surface area contributed by atoms with E-state index in [1.807, 2.05) is 0 Å². The summed E-state index contributed by atoms with van der Waals surface area (Å²) in [5.74, 6) is -1.82. The molecule has 0 amide bonds. The highest BCUT2D eigenvalue weighted by Crippen LogP contribution is 2.19. The zero-order valence-corrected chi connectivity index (χ0v) is 9.06. The smallest absolute Gasteiger partial charge is 0.161 e. The molecule has 1 N–H and O–H groups in total. The quantitative estimate of drug-likeness (QED) is 0.830. The van der Waals surface area contributed by atoms with Crippen LogP contribution in [0.3, 0.4) is 0 Å². The van der Waals surface area contributed by atoms with Crippen molar-refractivity contribution in [1.29, 1.82) is 0 Å². The zero-order valence-electron chi connectivity index (χ0n) is 9.06. The molecule has 0 atom stereocenters. The fourth-order valence-corrected chi connectivity index (χ4v) is 1.42. The number of benzene rings is 1. The molecule has 0 bridgehead atoms. The largest absolute Gasteiger partial charge is 0.465 e. The predicted octanol–water partition coefficient (Wildman–Crippen LogP) is 3.62. The summed E-state index contributed by atoms with van der Waals surface area (Å²) in [5.41, 5.74) is -0.0991. The van der Waals surface area contributed by atoms with Gasteiger partial charge in [0.1, 0.15) is 17.3 Å². The first-order chi connectivity index (χ1) is 8.06. The summed E-state index contributed by atoms with van der Waals surface area (Å²) in [4.78, 5) is 0. The van der Waals surface area contributed by atoms with Crippen LogP contribution in [0.15, 0.2) is 28.7 Å². The van der Waals surface area contributed by atoms with Crippen molar-refractivity contribution < 1.29 is 17.6 Å². The van der Waals surface area contributed by atoms with Gasteiger partial charge in [0.05, 0.1) is 12.2 Å². The highest BCUT2D eigenvalue weighted by molar-refractivity contribution is 5.45. The topological polar surface area (TPSA) is 25.2 Å². The van der Waals surface area contributed by atoms with Crippen LogP contribution in [0.4, 0.5) is 18.9 Å². The van der Waals surface area contributed by atoms with E-state index in [9.17, 15) is 13.2 Å². The molecule has 17 heavy (non-hydrogen) atoms. The van der Waals surface area contributed by atoms with Crippen LogP contribution in [0.1, 0.15) is 11.5 Å². The van der Waals surface area contributed by atoms with Gasteiger partial charge in [0.25, 0.3) is 0 Å². The van der Waals surface area contributed by atoms with Gasteiger partial charge < -0.3 is 9.73 Å². The molecule has 2 nitrogen and oxygen atoms in total. The lowest BCUT2D eigenvalue weighted by Gasteiger charge is -2.06. The molecule has 0 aliphatic carbocycles. The van der Waals surface area contributed by atoms with E-state index in [1.54, 1.807) is 19.1 Å². The third kappa shape index (κ3) is 2.61. The van der Waals surface area contributed by atoms with Crippen molar-refractivity contribution in [1.82, 2.24) is 0 Å². The lowest BCUT2D eigenvalue weighted by Crippen LogP contribution is -2.02. The van der Waals surface area contributed by atoms with Crippen LogP contribution in [0.5, 0.6) is 0 Å². The maximum absolute atomic E-state index is 13.2. The van der Waals surface area contributed by atoms with Gasteiger partial charge in [-0.05, 0) is 19.1 Å². The van der Waals surface area contributed by atoms with E-state index in [-0.39, 0.29) is 12.2 Å². The Kier molecular flexibility index (Phi) is 3.08. The Balaban J connectivity index is 2.11. The van der Waals surface area contributed by atoms with Crippen LogP contribution in [-0.2, 0) is 6.54 Å². The average molecular weight is 241 g/mol. The van der Waals surface area contributed by atoms with Gasteiger partial charge in [0, 0.05) is 12.1 Å². The maximum Gasteiger partial charge on any atom is 0.161 e. The van der Waals surface area contributed by atoms with Gasteiger partial charge in [-0.1, -0.05) is 0 Å². The Morgan fingerprint density at radius 3 is 2.41 bits per heavy atom. The van der Waals surface area contributed by atoms with Crippen molar-refractivity contribution in [2.75, 3.05) is 5.32 Å². The molecule has 0 saturated heterocycles. The molecular formula is C12H10F3NO. The van der Waals surface area contributed by atoms with Crippen molar-refractivity contribution in [2.45, 2.75) is 13.5 Å². The van der Waals surface area contributed by atoms with Gasteiger partial charge in [-0.3, -0.25) is 0 Å². The van der Waals surface area contributed by atoms with Crippen molar-refractivity contribution in [3.8, 4) is 0 Å². The summed E-state index contributed by atoms with van der Waals surface area (Å²) >= 11 is 0. The van der Waals surface area contributed by atoms with E-state index < -0.39 is 17.5 Å². The van der Waals surface area contributed by atoms with E-state index in [0.29, 0.717) is 11.8 Å². The number of furan rings is 1. The molecule has 1 heterocycles. The summed E-state index contributed by atoms with van der Waals surface area (Å²) in [6, 6.07) is 4.77. The van der Waals surface area contributed by atoms with E-state index >= 15 is 0 Å². The van der Waals surface area contributed by atoms with Gasteiger partial charge in [-0.15, -0.1) is 0 Å². The van der Waals surface area contributed by atoms with Crippen molar-refractivity contribution in [2.24, 2.45) is 0 Å². The monoisotopic (exact) mass is 241 g/mol. The molecule has 1 aromatic carbocycles. The molecule has 0 radical (unpaired) electrons. The molecule has 1 aromatic heterocycles. The molecule has 0 saturated carbocycles. The summed E-state index contributed by atoms with van der Waals surface area (Å²) in [6.07, 6.45) is 0. The van der Waals surface area contributed by atoms with Crippen LogP contribution in [0, 0.1) is 24.4 Å². The molecule has 2 rings (SSSR count). The second-order valence-corrected chi connectivity index (χ2v) is 3.61. The molecule has 2 aromatic rings. The van der Waals surface area contributed by atoms with Crippen molar-refractivity contribution >= 4 is 5.69 Å². The maximum atomic E-state index is 13.2. The van der Waals surface area contributed by atoms with Gasteiger partial charge in [-0.2, -0.15) is 0 Å². The normalized spacial score (nSPS) is 10.6. The fourth-order valence-electron chi connectivity index (χ4n) is 1.42. The molecule has 0 aliphatic heterocycles. The third-order valence-electron chi connectivity index (χ3n) is 2.26. The van der Waals surface area contributed by atoms with E-state index in [4.69, 9.17) is 4.42 Å². The highest BCUT2D eigenvalue weighted by atomic mass is 19.2. The molecule has 0 aliphatic rings. The highest BCUT2D eigenvalue weighted by Gasteiger charge is 2.09. The minimum Gasteiger partial charge on any atom is -0.465 e. The standard InChI is InChI=1S/C12H10F3NO/c1-7-2-3-8(17-7)6-16-12-5-10(14)9(13)4-11(12)15/h2-5,16H,6H2,1H3. The van der Waals surface area contributed by atoms with Crippen LogP contribution in [-0.4, -0.2) is 0 Å². The first-order valence-corrected chi connectivity index (χ1v) is 5.00. The van der Waals surface area contributed by atoms with Gasteiger partial charge in [0.15, 0.2) is 11.6 Å². The number of anilines is 1. The van der Waals surface area contributed by atoms with Gasteiger partial charge >= 0.3 is 0 Å². The summed E-state index contributed by atoms with van der Waals surface area (Å²) in [6.45, 7) is 1.98. The van der Waals surface area contributed by atoms with Crippen LogP contribution in [0.2, 0.25) is 0 Å². The molecule has 5 heteroatoms. The number of nitrogens with one attached hydrogen (secondary N) is 1. The number of hydrogen-bond acceptors (Lipinski definition) is 2. The molecule has 0 fully saturated rings. The van der Waals surface area contributed by atoms with E-state index in [2.05, 4.69) is 5.32 Å². The first kappa shape index (κ1) is 11.6. The van der Waals surface area contributed by atoms with E-state index in [0.717, 1.165) is 11.8 Å².